The zero-order chi connectivity index (χ0) is 15.2. The molecule has 4 N–H and O–H groups in total. The number of nitrogens with zero attached hydrogens (tertiary/aromatic N) is 1. The molecular formula is C14H15FN4O2. The SMILES string of the molecule is NNc1cc(NCCc2cccc(F)c2)cc([N+](=O)[O-])c1. The van der Waals surface area contributed by atoms with E-state index in [1.54, 1.807) is 12.1 Å². The lowest BCUT2D eigenvalue weighted by Gasteiger charge is -2.09. The normalized spacial score (nSPS) is 10.2. The lowest BCUT2D eigenvalue weighted by Crippen LogP contribution is -2.09. The fraction of sp³-hybridized carbons (Fsp3) is 0.143. The van der Waals surface area contributed by atoms with Crippen molar-refractivity contribution in [3.8, 4) is 0 Å². The molecular weight excluding hydrogens is 275 g/mol. The summed E-state index contributed by atoms with van der Waals surface area (Å²) in [4.78, 5) is 10.3. The van der Waals surface area contributed by atoms with Gasteiger partial charge in [-0.15, -0.1) is 0 Å². The molecule has 2 rings (SSSR count). The summed E-state index contributed by atoms with van der Waals surface area (Å²) >= 11 is 0. The van der Waals surface area contributed by atoms with Crippen LogP contribution in [0.1, 0.15) is 5.56 Å². The molecule has 2 aromatic rings. The van der Waals surface area contributed by atoms with Crippen LogP contribution in [0.3, 0.4) is 0 Å². The van der Waals surface area contributed by atoms with Crippen LogP contribution in [0, 0.1) is 15.9 Å². The van der Waals surface area contributed by atoms with E-state index in [4.69, 9.17) is 5.84 Å². The molecule has 7 heteroatoms. The number of nitro groups is 1. The van der Waals surface area contributed by atoms with Crippen molar-refractivity contribution in [1.82, 2.24) is 0 Å². The van der Waals surface area contributed by atoms with Crippen molar-refractivity contribution >= 4 is 17.1 Å². The van der Waals surface area contributed by atoms with Gasteiger partial charge in [0.1, 0.15) is 5.82 Å². The topological polar surface area (TPSA) is 93.2 Å². The molecule has 0 heterocycles. The number of nitrogens with two attached hydrogens (primary N) is 1. The van der Waals surface area contributed by atoms with E-state index < -0.39 is 4.92 Å². The van der Waals surface area contributed by atoms with Crippen LogP contribution in [0.15, 0.2) is 42.5 Å². The predicted octanol–water partition coefficient (Wildman–Crippen LogP) is 2.67. The van der Waals surface area contributed by atoms with Crippen LogP contribution in [0.5, 0.6) is 0 Å². The van der Waals surface area contributed by atoms with Crippen molar-refractivity contribution < 1.29 is 9.31 Å². The molecule has 2 aromatic carbocycles. The zero-order valence-corrected chi connectivity index (χ0v) is 11.2. The van der Waals surface area contributed by atoms with Crippen molar-refractivity contribution in [1.29, 1.82) is 0 Å². The number of nitro benzene ring substituents is 1. The maximum atomic E-state index is 13.0. The van der Waals surface area contributed by atoms with E-state index in [2.05, 4.69) is 10.7 Å². The second kappa shape index (κ2) is 6.67. The van der Waals surface area contributed by atoms with Crippen LogP contribution in [0.2, 0.25) is 0 Å². The van der Waals surface area contributed by atoms with Crippen LogP contribution in [-0.4, -0.2) is 11.5 Å². The first-order valence-corrected chi connectivity index (χ1v) is 6.33. The molecule has 0 fully saturated rings. The Morgan fingerprint density at radius 1 is 1.19 bits per heavy atom. The highest BCUT2D eigenvalue weighted by molar-refractivity contribution is 5.63. The molecule has 0 saturated carbocycles. The van der Waals surface area contributed by atoms with Crippen molar-refractivity contribution in [2.75, 3.05) is 17.3 Å². The van der Waals surface area contributed by atoms with Crippen molar-refractivity contribution in [3.63, 3.8) is 0 Å². The first-order valence-electron chi connectivity index (χ1n) is 6.33. The van der Waals surface area contributed by atoms with Gasteiger partial charge in [-0.2, -0.15) is 0 Å². The first-order chi connectivity index (χ1) is 10.1. The third kappa shape index (κ3) is 4.15. The lowest BCUT2D eigenvalue weighted by atomic mass is 10.1. The van der Waals surface area contributed by atoms with Gasteiger partial charge >= 0.3 is 0 Å². The van der Waals surface area contributed by atoms with E-state index in [0.29, 0.717) is 24.3 Å². The van der Waals surface area contributed by atoms with Crippen LogP contribution in [0.4, 0.5) is 21.5 Å². The third-order valence-electron chi connectivity index (χ3n) is 2.93. The molecule has 0 atom stereocenters. The van der Waals surface area contributed by atoms with Crippen molar-refractivity contribution in [2.24, 2.45) is 5.84 Å². The monoisotopic (exact) mass is 290 g/mol. The summed E-state index contributed by atoms with van der Waals surface area (Å²) in [7, 11) is 0. The second-order valence-electron chi connectivity index (χ2n) is 4.48. The Kier molecular flexibility index (Phi) is 4.68. The Bertz CT molecular complexity index is 649. The van der Waals surface area contributed by atoms with E-state index >= 15 is 0 Å². The average Bonchev–Trinajstić information content (AvgIpc) is 2.47. The Labute approximate surface area is 120 Å². The number of hydrazine groups is 1. The highest BCUT2D eigenvalue weighted by atomic mass is 19.1. The fourth-order valence-corrected chi connectivity index (χ4v) is 1.95. The maximum Gasteiger partial charge on any atom is 0.273 e. The molecule has 0 amide bonds. The van der Waals surface area contributed by atoms with Crippen LogP contribution in [0.25, 0.3) is 0 Å². The number of non-ortho nitro benzene ring substituents is 1. The van der Waals surface area contributed by atoms with Crippen LogP contribution >= 0.6 is 0 Å². The molecule has 6 nitrogen and oxygen atoms in total. The first kappa shape index (κ1) is 14.7. The summed E-state index contributed by atoms with van der Waals surface area (Å²) < 4.78 is 13.0. The van der Waals surface area contributed by atoms with Gasteiger partial charge < -0.3 is 10.7 Å². The number of nitrogens with one attached hydrogen (secondary N) is 2. The van der Waals surface area contributed by atoms with Gasteiger partial charge in [-0.3, -0.25) is 16.0 Å². The smallest absolute Gasteiger partial charge is 0.273 e. The molecule has 0 aromatic heterocycles. The largest absolute Gasteiger partial charge is 0.384 e. The Morgan fingerprint density at radius 3 is 2.62 bits per heavy atom. The molecule has 0 spiro atoms. The Balaban J connectivity index is 2.02. The number of nitrogen functional groups attached to an aromatic ring is 1. The molecule has 0 radical (unpaired) electrons. The average molecular weight is 290 g/mol. The molecule has 0 saturated heterocycles. The standard InChI is InChI=1S/C14H15FN4O2/c15-11-3-1-2-10(6-11)4-5-17-12-7-13(18-16)9-14(8-12)19(20)21/h1-3,6-9,17-18H,4-5,16H2. The summed E-state index contributed by atoms with van der Waals surface area (Å²) in [6.45, 7) is 0.522. The van der Waals surface area contributed by atoms with E-state index in [-0.39, 0.29) is 11.5 Å². The van der Waals surface area contributed by atoms with Crippen molar-refractivity contribution in [2.45, 2.75) is 6.42 Å². The van der Waals surface area contributed by atoms with E-state index in [1.165, 1.54) is 24.3 Å². The molecule has 0 unspecified atom stereocenters. The summed E-state index contributed by atoms with van der Waals surface area (Å²) in [6, 6.07) is 10.8. The van der Waals surface area contributed by atoms with Gasteiger partial charge in [0.05, 0.1) is 10.6 Å². The summed E-state index contributed by atoms with van der Waals surface area (Å²) in [6.07, 6.45) is 0.603. The molecule has 0 aliphatic heterocycles. The Morgan fingerprint density at radius 2 is 1.95 bits per heavy atom. The number of halogens is 1. The minimum absolute atomic E-state index is 0.0568. The number of hydrogen-bond donors (Lipinski definition) is 3. The number of anilines is 2. The van der Waals surface area contributed by atoms with Gasteiger partial charge in [0.15, 0.2) is 0 Å². The molecule has 0 aliphatic carbocycles. The van der Waals surface area contributed by atoms with Gasteiger partial charge in [0.2, 0.25) is 0 Å². The minimum Gasteiger partial charge on any atom is -0.384 e. The zero-order valence-electron chi connectivity index (χ0n) is 11.2. The Hall–Kier alpha value is -2.67. The number of rotatable bonds is 6. The van der Waals surface area contributed by atoms with Crippen LogP contribution in [-0.2, 0) is 6.42 Å². The number of hydrogen-bond acceptors (Lipinski definition) is 5. The van der Waals surface area contributed by atoms with Crippen LogP contribution < -0.4 is 16.6 Å². The fourth-order valence-electron chi connectivity index (χ4n) is 1.95. The highest BCUT2D eigenvalue weighted by Crippen LogP contribution is 2.23. The van der Waals surface area contributed by atoms with Gasteiger partial charge in [0.25, 0.3) is 5.69 Å². The minimum atomic E-state index is -0.488. The molecule has 0 aliphatic rings. The third-order valence-corrected chi connectivity index (χ3v) is 2.93. The predicted molar refractivity (Wildman–Crippen MR) is 79.5 cm³/mol. The summed E-state index contributed by atoms with van der Waals surface area (Å²) in [5.41, 5.74) is 4.20. The van der Waals surface area contributed by atoms with E-state index in [9.17, 15) is 14.5 Å². The quantitative estimate of drug-likeness (QED) is 0.432. The van der Waals surface area contributed by atoms with E-state index in [0.717, 1.165) is 5.56 Å². The van der Waals surface area contributed by atoms with Gasteiger partial charge in [0, 0.05) is 24.4 Å². The van der Waals surface area contributed by atoms with Gasteiger partial charge in [-0.1, -0.05) is 12.1 Å². The maximum absolute atomic E-state index is 13.0. The summed E-state index contributed by atoms with van der Waals surface area (Å²) in [5, 5.41) is 13.9. The lowest BCUT2D eigenvalue weighted by molar-refractivity contribution is -0.384. The highest BCUT2D eigenvalue weighted by Gasteiger charge is 2.09. The molecule has 110 valence electrons. The summed E-state index contributed by atoms with van der Waals surface area (Å²) in [5.74, 6) is 5.00. The van der Waals surface area contributed by atoms with Crippen molar-refractivity contribution in [3.05, 3.63) is 64.0 Å². The van der Waals surface area contributed by atoms with Gasteiger partial charge in [-0.25, -0.2) is 4.39 Å². The van der Waals surface area contributed by atoms with E-state index in [1.807, 2.05) is 6.07 Å². The number of benzene rings is 2. The molecule has 0 bridgehead atoms. The van der Waals surface area contributed by atoms with Gasteiger partial charge in [-0.05, 0) is 30.2 Å². The molecule has 21 heavy (non-hydrogen) atoms. The second-order valence-corrected chi connectivity index (χ2v) is 4.48.